The van der Waals surface area contributed by atoms with E-state index in [0.29, 0.717) is 0 Å². The average molecular weight is 704 g/mol. The second kappa shape index (κ2) is 12.6. The Kier molecular flexibility index (Phi) is 7.17. The molecule has 0 aliphatic heterocycles. The first-order valence-electron chi connectivity index (χ1n) is 18.7. The Morgan fingerprint density at radius 1 is 0.291 bits per heavy atom. The van der Waals surface area contributed by atoms with Crippen LogP contribution in [0.25, 0.3) is 88.0 Å². The molecule has 55 heavy (non-hydrogen) atoms. The van der Waals surface area contributed by atoms with Gasteiger partial charge in [-0.3, -0.25) is 0 Å². The van der Waals surface area contributed by atoms with Crippen LogP contribution < -0.4 is 4.90 Å². The molecule has 0 aliphatic rings. The third kappa shape index (κ3) is 5.05. The van der Waals surface area contributed by atoms with Crippen molar-refractivity contribution in [2.75, 3.05) is 4.90 Å². The summed E-state index contributed by atoms with van der Waals surface area (Å²) in [5, 5.41) is 6.79. The summed E-state index contributed by atoms with van der Waals surface area (Å²) in [6.07, 6.45) is 0. The van der Waals surface area contributed by atoms with Crippen molar-refractivity contribution >= 4 is 71.7 Å². The van der Waals surface area contributed by atoms with Gasteiger partial charge in [-0.1, -0.05) is 158 Å². The molecule has 2 aromatic heterocycles. The Morgan fingerprint density at radius 3 is 1.53 bits per heavy atom. The summed E-state index contributed by atoms with van der Waals surface area (Å²) in [4.78, 5) is 2.37. The van der Waals surface area contributed by atoms with Crippen molar-refractivity contribution in [1.82, 2.24) is 0 Å². The van der Waals surface area contributed by atoms with Crippen LogP contribution in [0.2, 0.25) is 0 Å². The predicted octanol–water partition coefficient (Wildman–Crippen LogP) is 15.1. The van der Waals surface area contributed by atoms with E-state index in [4.69, 9.17) is 8.83 Å². The number of rotatable bonds is 6. The van der Waals surface area contributed by atoms with Crippen molar-refractivity contribution in [2.45, 2.75) is 0 Å². The van der Waals surface area contributed by atoms with Crippen molar-refractivity contribution in [2.24, 2.45) is 0 Å². The molecule has 11 rings (SSSR count). The van der Waals surface area contributed by atoms with E-state index in [1.165, 1.54) is 16.5 Å². The highest BCUT2D eigenvalue weighted by Crippen LogP contribution is 2.48. The zero-order valence-electron chi connectivity index (χ0n) is 29.8. The number of anilines is 3. The Bertz CT molecular complexity index is 3190. The van der Waals surface area contributed by atoms with Gasteiger partial charge in [0, 0.05) is 32.6 Å². The van der Waals surface area contributed by atoms with Gasteiger partial charge in [0.15, 0.2) is 5.58 Å². The van der Waals surface area contributed by atoms with Crippen molar-refractivity contribution in [3.63, 3.8) is 0 Å². The van der Waals surface area contributed by atoms with Crippen LogP contribution in [-0.2, 0) is 0 Å². The maximum absolute atomic E-state index is 6.90. The molecule has 0 spiro atoms. The van der Waals surface area contributed by atoms with Crippen LogP contribution in [-0.4, -0.2) is 0 Å². The fourth-order valence-corrected chi connectivity index (χ4v) is 8.41. The zero-order chi connectivity index (χ0) is 36.3. The van der Waals surface area contributed by atoms with E-state index in [-0.39, 0.29) is 0 Å². The molecule has 0 aliphatic carbocycles. The summed E-state index contributed by atoms with van der Waals surface area (Å²) in [5.41, 5.74) is 13.5. The lowest BCUT2D eigenvalue weighted by molar-refractivity contribution is 0.668. The number of fused-ring (bicyclic) bond motifs is 7. The highest BCUT2D eigenvalue weighted by Gasteiger charge is 2.24. The van der Waals surface area contributed by atoms with Crippen LogP contribution in [0.3, 0.4) is 0 Å². The lowest BCUT2D eigenvalue weighted by Crippen LogP contribution is -2.11. The molecule has 0 saturated carbocycles. The van der Waals surface area contributed by atoms with Crippen molar-refractivity contribution in [3.05, 3.63) is 200 Å². The van der Waals surface area contributed by atoms with Crippen LogP contribution in [0, 0.1) is 0 Å². The monoisotopic (exact) mass is 703 g/mol. The maximum Gasteiger partial charge on any atom is 0.160 e. The number of hydrogen-bond acceptors (Lipinski definition) is 3. The second-order valence-electron chi connectivity index (χ2n) is 14.0. The first kappa shape index (κ1) is 31.2. The van der Waals surface area contributed by atoms with Gasteiger partial charge in [0.25, 0.3) is 0 Å². The third-order valence-corrected chi connectivity index (χ3v) is 10.9. The number of benzene rings is 9. The topological polar surface area (TPSA) is 29.5 Å². The van der Waals surface area contributed by atoms with Gasteiger partial charge in [0.2, 0.25) is 0 Å². The van der Waals surface area contributed by atoms with Gasteiger partial charge in [-0.2, -0.15) is 0 Å². The van der Waals surface area contributed by atoms with Gasteiger partial charge < -0.3 is 13.7 Å². The van der Waals surface area contributed by atoms with Crippen LogP contribution in [0.15, 0.2) is 209 Å². The van der Waals surface area contributed by atoms with E-state index in [1.807, 2.05) is 18.2 Å². The summed E-state index contributed by atoms with van der Waals surface area (Å²) in [6, 6.07) is 70.8. The quantitative estimate of drug-likeness (QED) is 0.173. The van der Waals surface area contributed by atoms with Crippen molar-refractivity contribution in [3.8, 4) is 33.4 Å². The molecule has 3 nitrogen and oxygen atoms in total. The Balaban J connectivity index is 1.16. The molecule has 0 N–H and O–H groups in total. The van der Waals surface area contributed by atoms with E-state index < -0.39 is 0 Å². The molecule has 0 bridgehead atoms. The van der Waals surface area contributed by atoms with E-state index in [1.54, 1.807) is 0 Å². The highest BCUT2D eigenvalue weighted by atomic mass is 16.3. The molecule has 0 radical (unpaired) electrons. The Morgan fingerprint density at radius 2 is 0.800 bits per heavy atom. The summed E-state index contributed by atoms with van der Waals surface area (Å²) >= 11 is 0. The second-order valence-corrected chi connectivity index (χ2v) is 14.0. The van der Waals surface area contributed by atoms with E-state index in [0.717, 1.165) is 88.6 Å². The summed E-state index contributed by atoms with van der Waals surface area (Å²) < 4.78 is 13.2. The molecule has 11 aromatic rings. The van der Waals surface area contributed by atoms with Crippen LogP contribution in [0.5, 0.6) is 0 Å². The average Bonchev–Trinajstić information content (AvgIpc) is 3.84. The number of hydrogen-bond donors (Lipinski definition) is 0. The lowest BCUT2D eigenvalue weighted by Gasteiger charge is -2.28. The fourth-order valence-electron chi connectivity index (χ4n) is 8.41. The van der Waals surface area contributed by atoms with Gasteiger partial charge in [-0.25, -0.2) is 0 Å². The molecule has 258 valence electrons. The number of nitrogens with zero attached hydrogens (tertiary/aromatic N) is 1. The highest BCUT2D eigenvalue weighted by molar-refractivity contribution is 6.18. The van der Waals surface area contributed by atoms with E-state index in [9.17, 15) is 0 Å². The number of para-hydroxylation sites is 2. The van der Waals surface area contributed by atoms with Gasteiger partial charge in [0.1, 0.15) is 16.7 Å². The molecule has 0 saturated heterocycles. The molecule has 0 fully saturated rings. The van der Waals surface area contributed by atoms with Gasteiger partial charge >= 0.3 is 0 Å². The maximum atomic E-state index is 6.90. The smallest absolute Gasteiger partial charge is 0.160 e. The van der Waals surface area contributed by atoms with Crippen LogP contribution in [0.1, 0.15) is 0 Å². The SMILES string of the molecule is c1ccc(-c2ccc(N(c3ccc(-c4cccc5oc6ccccc6c45)cc3)c3ccc(-c4ccccc4)c4c3oc3ccccc34)c3ccccc23)cc1. The van der Waals surface area contributed by atoms with E-state index in [2.05, 4.69) is 187 Å². The molecule has 2 heterocycles. The minimum Gasteiger partial charge on any atom is -0.456 e. The van der Waals surface area contributed by atoms with Gasteiger partial charge in [0.05, 0.1) is 11.4 Å². The zero-order valence-corrected chi connectivity index (χ0v) is 29.8. The predicted molar refractivity (Wildman–Crippen MR) is 229 cm³/mol. The molecular weight excluding hydrogens is 671 g/mol. The minimum atomic E-state index is 0.845. The van der Waals surface area contributed by atoms with Crippen molar-refractivity contribution in [1.29, 1.82) is 0 Å². The van der Waals surface area contributed by atoms with Crippen molar-refractivity contribution < 1.29 is 8.83 Å². The van der Waals surface area contributed by atoms with E-state index >= 15 is 0 Å². The standard InChI is InChI=1S/C52H33NO2/c1-3-14-34(15-4-1)38-30-32-45(42-19-8-7-18-41(38)42)53(37-28-26-36(27-29-37)39-22-13-25-49-50(39)43-20-9-11-23-47(43)54-49)46-33-31-40(35-16-5-2-6-17-35)51-44-21-10-12-24-48(44)55-52(46)51/h1-33H. The van der Waals surface area contributed by atoms with Gasteiger partial charge in [-0.15, -0.1) is 0 Å². The molecular formula is C52H33NO2. The minimum absolute atomic E-state index is 0.845. The Hall–Kier alpha value is -7.36. The van der Waals surface area contributed by atoms with Crippen LogP contribution >= 0.6 is 0 Å². The third-order valence-electron chi connectivity index (χ3n) is 10.9. The van der Waals surface area contributed by atoms with Gasteiger partial charge in [-0.05, 0) is 81.2 Å². The lowest BCUT2D eigenvalue weighted by atomic mass is 9.95. The Labute approximate surface area is 317 Å². The normalized spacial score (nSPS) is 11.6. The molecule has 3 heteroatoms. The molecule has 0 unspecified atom stereocenters. The first-order chi connectivity index (χ1) is 27.3. The summed E-state index contributed by atoms with van der Waals surface area (Å²) in [7, 11) is 0. The largest absolute Gasteiger partial charge is 0.456 e. The summed E-state index contributed by atoms with van der Waals surface area (Å²) in [5.74, 6) is 0. The number of furan rings is 2. The molecule has 0 atom stereocenters. The fraction of sp³-hybridized carbons (Fsp3) is 0. The summed E-state index contributed by atoms with van der Waals surface area (Å²) in [6.45, 7) is 0. The first-order valence-corrected chi connectivity index (χ1v) is 18.7. The molecule has 0 amide bonds. The van der Waals surface area contributed by atoms with Crippen LogP contribution in [0.4, 0.5) is 17.1 Å². The molecule has 9 aromatic carbocycles.